The van der Waals surface area contributed by atoms with Crippen LogP contribution in [0.1, 0.15) is 13.8 Å². The average molecular weight is 268 g/mol. The highest BCUT2D eigenvalue weighted by Crippen LogP contribution is 2.04. The number of hydrogen-bond acceptors (Lipinski definition) is 6. The van der Waals surface area contributed by atoms with Crippen molar-refractivity contribution >= 4 is 5.78 Å². The zero-order valence-electron chi connectivity index (χ0n) is 10.3. The van der Waals surface area contributed by atoms with E-state index in [-0.39, 0.29) is 0 Å². The van der Waals surface area contributed by atoms with Crippen molar-refractivity contribution in [3.8, 4) is 0 Å². The summed E-state index contributed by atoms with van der Waals surface area (Å²) in [6.45, 7) is 2.22. The number of aliphatic hydroxyl groups excluding tert-OH is 1. The van der Waals surface area contributed by atoms with Crippen LogP contribution in [0.15, 0.2) is 47.5 Å². The highest BCUT2D eigenvalue weighted by Gasteiger charge is 2.14. The summed E-state index contributed by atoms with van der Waals surface area (Å²) >= 11 is 0. The lowest BCUT2D eigenvalue weighted by Crippen LogP contribution is -2.06. The highest BCUT2D eigenvalue weighted by molar-refractivity contribution is 5.91. The summed E-state index contributed by atoms with van der Waals surface area (Å²) in [5.41, 5.74) is -1.08. The van der Waals surface area contributed by atoms with Crippen molar-refractivity contribution in [2.75, 3.05) is 0 Å². The van der Waals surface area contributed by atoms with E-state index in [1.54, 1.807) is 0 Å². The van der Waals surface area contributed by atoms with Crippen LogP contribution >= 0.6 is 0 Å². The number of carbonyl (C=O) groups is 1. The summed E-state index contributed by atoms with van der Waals surface area (Å²) in [5, 5.41) is 29.9. The van der Waals surface area contributed by atoms with Gasteiger partial charge in [0.1, 0.15) is 0 Å². The van der Waals surface area contributed by atoms with Crippen molar-refractivity contribution in [3.05, 3.63) is 67.8 Å². The molecule has 0 saturated heterocycles. The summed E-state index contributed by atoms with van der Waals surface area (Å²) in [5.74, 6) is -1.16. The molecule has 0 atom stereocenters. The predicted molar refractivity (Wildman–Crippen MR) is 66.4 cm³/mol. The summed E-state index contributed by atoms with van der Waals surface area (Å²) in [6, 6.07) is 0. The van der Waals surface area contributed by atoms with Crippen LogP contribution in [-0.4, -0.2) is 20.7 Å². The molecule has 0 heterocycles. The molecule has 0 aliphatic rings. The molecule has 0 amide bonds. The van der Waals surface area contributed by atoms with Gasteiger partial charge >= 0.3 is 11.4 Å². The molecule has 1 N–H and O–H groups in total. The fourth-order valence-corrected chi connectivity index (χ4v) is 0.978. The molecule has 0 aromatic rings. The summed E-state index contributed by atoms with van der Waals surface area (Å²) in [4.78, 5) is 30.1. The highest BCUT2D eigenvalue weighted by atomic mass is 16.6. The molecule has 19 heavy (non-hydrogen) atoms. The van der Waals surface area contributed by atoms with Gasteiger partial charge in [-0.05, 0) is 0 Å². The fraction of sp³-hybridized carbons (Fsp3) is 0.182. The van der Waals surface area contributed by atoms with E-state index in [4.69, 9.17) is 5.11 Å². The maximum atomic E-state index is 10.8. The third-order valence-electron chi connectivity index (χ3n) is 1.86. The van der Waals surface area contributed by atoms with Gasteiger partial charge in [0.15, 0.2) is 5.76 Å². The zero-order valence-corrected chi connectivity index (χ0v) is 10.3. The first-order chi connectivity index (χ1) is 8.77. The Morgan fingerprint density at radius 2 is 1.63 bits per heavy atom. The number of nitrogens with zero attached hydrogens (tertiary/aromatic N) is 2. The van der Waals surface area contributed by atoms with Crippen LogP contribution < -0.4 is 0 Å². The average Bonchev–Trinajstić information content (AvgIpc) is 2.25. The lowest BCUT2D eigenvalue weighted by atomic mass is 10.3. The van der Waals surface area contributed by atoms with E-state index in [2.05, 4.69) is 0 Å². The van der Waals surface area contributed by atoms with Crippen LogP contribution in [-0.2, 0) is 4.79 Å². The van der Waals surface area contributed by atoms with E-state index in [1.165, 1.54) is 18.2 Å². The van der Waals surface area contributed by atoms with Crippen LogP contribution in [0.25, 0.3) is 0 Å². The van der Waals surface area contributed by atoms with E-state index in [1.807, 2.05) is 0 Å². The molecule has 0 bridgehead atoms. The van der Waals surface area contributed by atoms with Crippen LogP contribution in [0.3, 0.4) is 0 Å². The Kier molecular flexibility index (Phi) is 6.44. The second kappa shape index (κ2) is 7.54. The van der Waals surface area contributed by atoms with Gasteiger partial charge in [-0.2, -0.15) is 0 Å². The molecule has 0 unspecified atom stereocenters. The van der Waals surface area contributed by atoms with Crippen molar-refractivity contribution in [2.24, 2.45) is 0 Å². The van der Waals surface area contributed by atoms with Crippen LogP contribution in [0.5, 0.6) is 0 Å². The van der Waals surface area contributed by atoms with Gasteiger partial charge in [0, 0.05) is 26.0 Å². The molecule has 0 saturated carbocycles. The minimum atomic E-state index is -0.823. The predicted octanol–water partition coefficient (Wildman–Crippen LogP) is 1.91. The van der Waals surface area contributed by atoms with E-state index < -0.39 is 32.8 Å². The Morgan fingerprint density at radius 3 is 2.00 bits per heavy atom. The molecule has 0 aromatic heterocycles. The Bertz CT molecular complexity index is 493. The van der Waals surface area contributed by atoms with Crippen LogP contribution in [0.2, 0.25) is 0 Å². The smallest absolute Gasteiger partial charge is 0.311 e. The van der Waals surface area contributed by atoms with Crippen molar-refractivity contribution in [2.45, 2.75) is 13.8 Å². The van der Waals surface area contributed by atoms with Gasteiger partial charge in [-0.25, -0.2) is 0 Å². The van der Waals surface area contributed by atoms with Gasteiger partial charge in [0.25, 0.3) is 0 Å². The van der Waals surface area contributed by atoms with Crippen molar-refractivity contribution in [1.29, 1.82) is 0 Å². The number of Topliss-reactive ketones (excluding diaryl/α,β-unsaturated/α-hetero) is 1. The van der Waals surface area contributed by atoms with Gasteiger partial charge in [0.05, 0.1) is 9.85 Å². The number of nitro groups is 2. The summed E-state index contributed by atoms with van der Waals surface area (Å²) < 4.78 is 0. The minimum absolute atomic E-state index is 0.458. The quantitative estimate of drug-likeness (QED) is 0.258. The topological polar surface area (TPSA) is 124 Å². The molecule has 8 nitrogen and oxygen atoms in total. The Hall–Kier alpha value is -2.77. The number of carbonyl (C=O) groups excluding carboxylic acids is 1. The normalized spacial score (nSPS) is 13.7. The van der Waals surface area contributed by atoms with Crippen molar-refractivity contribution < 1.29 is 19.7 Å². The molecule has 0 spiro atoms. The molecule has 0 aliphatic carbocycles. The van der Waals surface area contributed by atoms with Gasteiger partial charge in [-0.1, -0.05) is 18.2 Å². The first kappa shape index (κ1) is 16.2. The van der Waals surface area contributed by atoms with E-state index >= 15 is 0 Å². The van der Waals surface area contributed by atoms with Crippen molar-refractivity contribution in [3.63, 3.8) is 0 Å². The van der Waals surface area contributed by atoms with Gasteiger partial charge < -0.3 is 5.11 Å². The molecular formula is C11H12N2O6. The Morgan fingerprint density at radius 1 is 1.05 bits per heavy atom. The number of aliphatic hydroxyl groups is 1. The van der Waals surface area contributed by atoms with Crippen LogP contribution in [0, 0.1) is 20.2 Å². The largest absolute Gasteiger partial charge is 0.506 e. The van der Waals surface area contributed by atoms with Gasteiger partial charge in [0.2, 0.25) is 5.78 Å². The second-order valence-corrected chi connectivity index (χ2v) is 3.34. The SMILES string of the molecule is CC(=O)C(=CC=CC=C/C(=C(/C)O)[N+](=O)[O-])[N+](=O)[O-]. The standard InChI is InChI=1S/C11H12N2O6/c1-8(14)10(12(16)17)6-4-3-5-7-11(9(2)15)13(18)19/h3-7,14H,1-2H3/b5-3?,6-4?,10-8+,11-7?. The molecule has 8 heteroatoms. The third-order valence-corrected chi connectivity index (χ3v) is 1.86. The molecule has 0 aromatic carbocycles. The molecule has 102 valence electrons. The Labute approximate surface area is 108 Å². The number of allylic oxidation sites excluding steroid dienone is 7. The van der Waals surface area contributed by atoms with Crippen molar-refractivity contribution in [1.82, 2.24) is 0 Å². The fourth-order valence-electron chi connectivity index (χ4n) is 0.978. The molecule has 0 rings (SSSR count). The number of rotatable bonds is 6. The van der Waals surface area contributed by atoms with Crippen LogP contribution in [0.4, 0.5) is 0 Å². The van der Waals surface area contributed by atoms with Gasteiger partial charge in [-0.15, -0.1) is 0 Å². The molecule has 0 fully saturated rings. The maximum Gasteiger partial charge on any atom is 0.311 e. The van der Waals surface area contributed by atoms with E-state index in [0.29, 0.717) is 0 Å². The second-order valence-electron chi connectivity index (χ2n) is 3.34. The zero-order chi connectivity index (χ0) is 15.0. The van der Waals surface area contributed by atoms with E-state index in [0.717, 1.165) is 26.0 Å². The summed E-state index contributed by atoms with van der Waals surface area (Å²) in [7, 11) is 0. The molecule has 0 radical (unpaired) electrons. The molecular weight excluding hydrogens is 256 g/mol. The number of ketones is 1. The first-order valence-electron chi connectivity index (χ1n) is 5.02. The molecule has 0 aliphatic heterocycles. The first-order valence-corrected chi connectivity index (χ1v) is 5.02. The lowest BCUT2D eigenvalue weighted by molar-refractivity contribution is -0.421. The van der Waals surface area contributed by atoms with E-state index in [9.17, 15) is 25.0 Å². The maximum absolute atomic E-state index is 10.8. The van der Waals surface area contributed by atoms with Gasteiger partial charge in [-0.3, -0.25) is 25.0 Å². The monoisotopic (exact) mass is 268 g/mol. The Balaban J connectivity index is 4.91. The lowest BCUT2D eigenvalue weighted by Gasteiger charge is -1.91. The third kappa shape index (κ3) is 5.91. The summed E-state index contributed by atoms with van der Waals surface area (Å²) in [6.07, 6.45) is 5.68. The number of hydrogen-bond donors (Lipinski definition) is 1. The minimum Gasteiger partial charge on any atom is -0.506 e.